The van der Waals surface area contributed by atoms with Crippen LogP contribution < -0.4 is 5.73 Å². The molecule has 0 radical (unpaired) electrons. The molecule has 1 heterocycles. The van der Waals surface area contributed by atoms with Crippen LogP contribution in [0.5, 0.6) is 0 Å². The predicted molar refractivity (Wildman–Crippen MR) is 77.2 cm³/mol. The first kappa shape index (κ1) is 13.7. The highest BCUT2D eigenvalue weighted by Gasteiger charge is 2.16. The van der Waals surface area contributed by atoms with Crippen LogP contribution in [-0.2, 0) is 0 Å². The first-order valence-electron chi connectivity index (χ1n) is 5.90. The molecule has 2 aromatic carbocycles. The largest absolute Gasteiger partial charge is 0.396 e. The smallest absolute Gasteiger partial charge is 0.260 e. The third-order valence-electron chi connectivity index (χ3n) is 2.88. The van der Waals surface area contributed by atoms with Crippen LogP contribution >= 0.6 is 15.9 Å². The summed E-state index contributed by atoms with van der Waals surface area (Å²) in [7, 11) is 0. The molecule has 1 aromatic heterocycles. The van der Waals surface area contributed by atoms with Crippen molar-refractivity contribution in [2.24, 2.45) is 0 Å². The molecule has 0 fully saturated rings. The fourth-order valence-corrected chi connectivity index (χ4v) is 2.36. The van der Waals surface area contributed by atoms with E-state index in [1.54, 1.807) is 6.07 Å². The Morgan fingerprint density at radius 1 is 1.10 bits per heavy atom. The van der Waals surface area contributed by atoms with E-state index in [2.05, 4.69) is 26.1 Å². The van der Waals surface area contributed by atoms with Crippen LogP contribution in [-0.4, -0.2) is 10.1 Å². The van der Waals surface area contributed by atoms with E-state index in [4.69, 9.17) is 10.3 Å². The Hall–Kier alpha value is -2.28. The number of nitrogens with zero attached hydrogens (tertiary/aromatic N) is 2. The second-order valence-corrected chi connectivity index (χ2v) is 5.10. The van der Waals surface area contributed by atoms with Crippen LogP contribution in [0.15, 0.2) is 45.4 Å². The Kier molecular flexibility index (Phi) is 3.42. The molecule has 7 heteroatoms. The van der Waals surface area contributed by atoms with Gasteiger partial charge in [-0.15, -0.1) is 0 Å². The summed E-state index contributed by atoms with van der Waals surface area (Å²) in [5.41, 5.74) is 6.46. The van der Waals surface area contributed by atoms with E-state index in [-0.39, 0.29) is 23.2 Å². The van der Waals surface area contributed by atoms with Gasteiger partial charge >= 0.3 is 0 Å². The van der Waals surface area contributed by atoms with Crippen LogP contribution in [0.3, 0.4) is 0 Å². The summed E-state index contributed by atoms with van der Waals surface area (Å²) < 4.78 is 32.1. The third kappa shape index (κ3) is 2.52. The number of nitrogen functional groups attached to an aromatic ring is 1. The summed E-state index contributed by atoms with van der Waals surface area (Å²) in [4.78, 5) is 4.17. The Labute approximate surface area is 126 Å². The lowest BCUT2D eigenvalue weighted by Gasteiger charge is -2.00. The van der Waals surface area contributed by atoms with Crippen molar-refractivity contribution in [3.8, 4) is 22.8 Å². The predicted octanol–water partition coefficient (Wildman–Crippen LogP) is 4.03. The number of halogens is 3. The molecule has 2 N–H and O–H groups in total. The third-order valence-corrected chi connectivity index (χ3v) is 3.54. The Morgan fingerprint density at radius 3 is 2.67 bits per heavy atom. The van der Waals surface area contributed by atoms with Crippen molar-refractivity contribution in [2.75, 3.05) is 5.73 Å². The van der Waals surface area contributed by atoms with Crippen molar-refractivity contribution in [3.05, 3.63) is 52.5 Å². The van der Waals surface area contributed by atoms with Crippen molar-refractivity contribution in [1.29, 1.82) is 0 Å². The van der Waals surface area contributed by atoms with Gasteiger partial charge in [-0.05, 0) is 46.3 Å². The van der Waals surface area contributed by atoms with Gasteiger partial charge in [0.25, 0.3) is 5.89 Å². The zero-order valence-electron chi connectivity index (χ0n) is 10.5. The first-order valence-corrected chi connectivity index (χ1v) is 6.69. The van der Waals surface area contributed by atoms with Gasteiger partial charge in [0.05, 0.1) is 11.3 Å². The molecule has 0 aliphatic carbocycles. The van der Waals surface area contributed by atoms with Crippen LogP contribution in [0.25, 0.3) is 22.8 Å². The summed E-state index contributed by atoms with van der Waals surface area (Å²) >= 11 is 3.23. The van der Waals surface area contributed by atoms with E-state index in [1.807, 2.05) is 0 Å². The van der Waals surface area contributed by atoms with Gasteiger partial charge in [0.2, 0.25) is 5.82 Å². The number of para-hydroxylation sites is 1. The fraction of sp³-hybridized carbons (Fsp3) is 0. The molecule has 0 amide bonds. The number of rotatable bonds is 2. The molecule has 0 saturated heterocycles. The summed E-state index contributed by atoms with van der Waals surface area (Å²) in [5, 5.41) is 3.81. The van der Waals surface area contributed by atoms with Gasteiger partial charge < -0.3 is 10.3 Å². The van der Waals surface area contributed by atoms with Gasteiger partial charge in [-0.25, -0.2) is 8.78 Å². The van der Waals surface area contributed by atoms with Gasteiger partial charge in [-0.1, -0.05) is 11.2 Å². The molecule has 4 nitrogen and oxygen atoms in total. The molecular weight excluding hydrogens is 344 g/mol. The molecule has 3 rings (SSSR count). The lowest BCUT2D eigenvalue weighted by molar-refractivity contribution is 0.432. The summed E-state index contributed by atoms with van der Waals surface area (Å²) in [6, 6.07) is 8.42. The molecule has 0 bridgehead atoms. The number of nitrogens with two attached hydrogens (primary N) is 1. The maximum absolute atomic E-state index is 13.4. The first-order chi connectivity index (χ1) is 10.1. The zero-order chi connectivity index (χ0) is 15.0. The summed E-state index contributed by atoms with van der Waals surface area (Å²) in [5.74, 6) is -0.599. The van der Waals surface area contributed by atoms with Crippen LogP contribution in [0.1, 0.15) is 0 Å². The average molecular weight is 352 g/mol. The Morgan fingerprint density at radius 2 is 1.90 bits per heavy atom. The normalized spacial score (nSPS) is 10.8. The number of aromatic nitrogens is 2. The lowest BCUT2D eigenvalue weighted by Crippen LogP contribution is -1.94. The molecule has 21 heavy (non-hydrogen) atoms. The van der Waals surface area contributed by atoms with E-state index < -0.39 is 5.82 Å². The lowest BCUT2D eigenvalue weighted by atomic mass is 10.1. The molecular formula is C14H8BrF2N3O. The van der Waals surface area contributed by atoms with Gasteiger partial charge in [-0.2, -0.15) is 4.98 Å². The van der Waals surface area contributed by atoms with Crippen LogP contribution in [0, 0.1) is 11.6 Å². The van der Waals surface area contributed by atoms with Crippen molar-refractivity contribution in [1.82, 2.24) is 10.1 Å². The molecule has 106 valence electrons. The number of anilines is 1. The summed E-state index contributed by atoms with van der Waals surface area (Å²) in [6.07, 6.45) is 0. The minimum absolute atomic E-state index is 0.0640. The zero-order valence-corrected chi connectivity index (χ0v) is 12.1. The molecule has 0 saturated carbocycles. The monoisotopic (exact) mass is 351 g/mol. The van der Waals surface area contributed by atoms with Gasteiger partial charge in [0.15, 0.2) is 0 Å². The summed E-state index contributed by atoms with van der Waals surface area (Å²) in [6.45, 7) is 0. The second-order valence-electron chi connectivity index (χ2n) is 4.25. The van der Waals surface area contributed by atoms with Gasteiger partial charge in [0, 0.05) is 10.0 Å². The standard InChI is InChI=1S/C14H8BrF2N3O/c15-10-6-7(16)4-5-8(10)13-19-14(21-20-13)9-2-1-3-11(17)12(9)18/h1-6H,18H2. The van der Waals surface area contributed by atoms with E-state index in [1.165, 1.54) is 30.3 Å². The molecule has 0 aliphatic rings. The van der Waals surface area contributed by atoms with Crippen molar-refractivity contribution >= 4 is 21.6 Å². The van der Waals surface area contributed by atoms with Crippen molar-refractivity contribution in [2.45, 2.75) is 0 Å². The minimum atomic E-state index is -0.560. The SMILES string of the molecule is Nc1c(F)cccc1-c1nc(-c2ccc(F)cc2Br)no1. The number of benzene rings is 2. The maximum Gasteiger partial charge on any atom is 0.260 e. The van der Waals surface area contributed by atoms with E-state index in [0.29, 0.717) is 15.6 Å². The molecule has 3 aromatic rings. The molecule has 0 unspecified atom stereocenters. The fourth-order valence-electron chi connectivity index (χ4n) is 1.84. The van der Waals surface area contributed by atoms with E-state index in [0.717, 1.165) is 0 Å². The highest BCUT2D eigenvalue weighted by atomic mass is 79.9. The quantitative estimate of drug-likeness (QED) is 0.708. The highest BCUT2D eigenvalue weighted by Crippen LogP contribution is 2.31. The number of hydrogen-bond donors (Lipinski definition) is 1. The van der Waals surface area contributed by atoms with Gasteiger partial charge in [0.1, 0.15) is 11.6 Å². The number of hydrogen-bond acceptors (Lipinski definition) is 4. The average Bonchev–Trinajstić information content (AvgIpc) is 2.91. The molecule has 0 spiro atoms. The Bertz CT molecular complexity index is 820. The van der Waals surface area contributed by atoms with Crippen molar-refractivity contribution < 1.29 is 13.3 Å². The van der Waals surface area contributed by atoms with Crippen LogP contribution in [0.4, 0.5) is 14.5 Å². The molecule has 0 aliphatic heterocycles. The van der Waals surface area contributed by atoms with Gasteiger partial charge in [-0.3, -0.25) is 0 Å². The maximum atomic E-state index is 13.4. The van der Waals surface area contributed by atoms with Crippen LogP contribution in [0.2, 0.25) is 0 Å². The minimum Gasteiger partial charge on any atom is -0.396 e. The van der Waals surface area contributed by atoms with E-state index in [9.17, 15) is 8.78 Å². The Balaban J connectivity index is 2.06. The second kappa shape index (κ2) is 5.25. The van der Waals surface area contributed by atoms with E-state index >= 15 is 0 Å². The van der Waals surface area contributed by atoms with Crippen molar-refractivity contribution in [3.63, 3.8) is 0 Å². The molecule has 0 atom stereocenters. The highest BCUT2D eigenvalue weighted by molar-refractivity contribution is 9.10. The topological polar surface area (TPSA) is 64.9 Å².